The summed E-state index contributed by atoms with van der Waals surface area (Å²) in [5, 5.41) is 9.88. The van der Waals surface area contributed by atoms with Crippen LogP contribution >= 0.6 is 11.6 Å². The van der Waals surface area contributed by atoms with Crippen molar-refractivity contribution in [3.05, 3.63) is 69.3 Å². The number of rotatable bonds is 5. The van der Waals surface area contributed by atoms with E-state index in [1.807, 2.05) is 0 Å². The van der Waals surface area contributed by atoms with E-state index in [2.05, 4.69) is 0 Å². The molecule has 0 aliphatic carbocycles. The van der Waals surface area contributed by atoms with Crippen molar-refractivity contribution < 1.29 is 28.3 Å². The number of fused-ring (bicyclic) bond motifs is 1. The molecule has 2 aromatic carbocycles. The van der Waals surface area contributed by atoms with Gasteiger partial charge in [0.05, 0.1) is 10.9 Å². The number of piperidine rings is 1. The van der Waals surface area contributed by atoms with Gasteiger partial charge < -0.3 is 19.2 Å². The van der Waals surface area contributed by atoms with Crippen LogP contribution in [0.15, 0.2) is 51.7 Å². The number of hydrogen-bond acceptors (Lipinski definition) is 5. The Labute approximate surface area is 192 Å². The first-order chi connectivity index (χ1) is 15.8. The summed E-state index contributed by atoms with van der Waals surface area (Å²) in [4.78, 5) is 49.8. The molecule has 0 bridgehead atoms. The van der Waals surface area contributed by atoms with Crippen molar-refractivity contribution in [1.82, 2.24) is 4.90 Å². The first kappa shape index (κ1) is 22.7. The van der Waals surface area contributed by atoms with Gasteiger partial charge in [0.1, 0.15) is 23.6 Å². The molecule has 2 atom stereocenters. The highest BCUT2D eigenvalue weighted by atomic mass is 35.5. The average molecular weight is 472 g/mol. The molecule has 0 saturated carbocycles. The summed E-state index contributed by atoms with van der Waals surface area (Å²) < 4.78 is 18.8. The number of likely N-dealkylation sites (tertiary alicyclic amines) is 1. The molecule has 170 valence electrons. The number of halogens is 2. The minimum absolute atomic E-state index is 0.0361. The maximum atomic E-state index is 13.5. The lowest BCUT2D eigenvalue weighted by Gasteiger charge is -2.32. The van der Waals surface area contributed by atoms with Crippen LogP contribution < -0.4 is 5.63 Å². The van der Waals surface area contributed by atoms with Crippen molar-refractivity contribution >= 4 is 40.7 Å². The molecule has 0 spiro atoms. The van der Waals surface area contributed by atoms with Crippen LogP contribution in [0.25, 0.3) is 22.1 Å². The van der Waals surface area contributed by atoms with Crippen LogP contribution in [0.3, 0.4) is 0 Å². The number of aliphatic carboxylic acids is 1. The lowest BCUT2D eigenvalue weighted by molar-refractivity contribution is -0.146. The fraction of sp³-hybridized carbons (Fsp3) is 0.250. The van der Waals surface area contributed by atoms with Gasteiger partial charge in [0.25, 0.3) is 0 Å². The maximum absolute atomic E-state index is 13.5. The predicted octanol–water partition coefficient (Wildman–Crippen LogP) is 3.86. The fourth-order valence-corrected chi connectivity index (χ4v) is 4.43. The van der Waals surface area contributed by atoms with Gasteiger partial charge in [0.2, 0.25) is 5.91 Å². The third-order valence-electron chi connectivity index (χ3n) is 5.83. The van der Waals surface area contributed by atoms with E-state index < -0.39 is 35.2 Å². The van der Waals surface area contributed by atoms with E-state index in [4.69, 9.17) is 16.0 Å². The molecule has 1 aromatic heterocycles. The summed E-state index contributed by atoms with van der Waals surface area (Å²) in [5.74, 6) is -3.85. The molecule has 0 radical (unpaired) electrons. The summed E-state index contributed by atoms with van der Waals surface area (Å²) in [6.07, 6.45) is 1.50. The van der Waals surface area contributed by atoms with Gasteiger partial charge in [-0.05, 0) is 42.7 Å². The second-order valence-electron chi connectivity index (χ2n) is 7.93. The summed E-state index contributed by atoms with van der Waals surface area (Å²) in [5.41, 5.74) is 0.624. The zero-order chi connectivity index (χ0) is 23.7. The largest absolute Gasteiger partial charge is 0.481 e. The van der Waals surface area contributed by atoms with Gasteiger partial charge in [-0.3, -0.25) is 9.59 Å². The number of carbonyl (C=O) groups excluding carboxylic acids is 2. The number of carboxylic acid groups (broad SMARTS) is 1. The van der Waals surface area contributed by atoms with E-state index in [9.17, 15) is 28.7 Å². The summed E-state index contributed by atoms with van der Waals surface area (Å²) >= 11 is 6.17. The van der Waals surface area contributed by atoms with E-state index in [1.54, 1.807) is 12.1 Å². The lowest BCUT2D eigenvalue weighted by atomic mass is 9.93. The molecule has 9 heteroatoms. The van der Waals surface area contributed by atoms with Gasteiger partial charge in [-0.15, -0.1) is 0 Å². The molecule has 1 N–H and O–H groups in total. The molecule has 1 aliphatic heterocycles. The molecule has 1 saturated heterocycles. The molecule has 33 heavy (non-hydrogen) atoms. The standard InChI is InChI=1S/C24H19ClFNO6/c25-20-9-15(26)4-6-16(20)18-10-22(29)33-21-8-13(3-5-17(18)21)19(12-28)23(30)27-7-1-2-14(11-27)24(31)32/h3-6,8-10,12,14,19H,1-2,7,11H2,(H,31,32)/t14-,19-/m0/s1. The van der Waals surface area contributed by atoms with E-state index in [0.29, 0.717) is 47.7 Å². The second-order valence-corrected chi connectivity index (χ2v) is 8.34. The number of aldehydes is 1. The minimum atomic E-state index is -1.18. The monoisotopic (exact) mass is 471 g/mol. The molecular weight excluding hydrogens is 453 g/mol. The number of carboxylic acids is 1. The van der Waals surface area contributed by atoms with Crippen molar-refractivity contribution in [3.8, 4) is 11.1 Å². The molecular formula is C24H19ClFNO6. The Kier molecular flexibility index (Phi) is 6.29. The number of amides is 1. The van der Waals surface area contributed by atoms with Gasteiger partial charge in [0.15, 0.2) is 0 Å². The average Bonchev–Trinajstić information content (AvgIpc) is 2.79. The number of carbonyl (C=O) groups is 3. The molecule has 4 rings (SSSR count). The van der Waals surface area contributed by atoms with Crippen molar-refractivity contribution in [3.63, 3.8) is 0 Å². The summed E-state index contributed by atoms with van der Waals surface area (Å²) in [6, 6.07) is 9.65. The van der Waals surface area contributed by atoms with Crippen LogP contribution in [-0.4, -0.2) is 41.3 Å². The Bertz CT molecular complexity index is 1320. The first-order valence-electron chi connectivity index (χ1n) is 10.3. The third-order valence-corrected chi connectivity index (χ3v) is 6.15. The Morgan fingerprint density at radius 2 is 1.97 bits per heavy atom. The molecule has 1 aliphatic rings. The number of nitrogens with zero attached hydrogens (tertiary/aromatic N) is 1. The highest BCUT2D eigenvalue weighted by Gasteiger charge is 2.32. The fourth-order valence-electron chi connectivity index (χ4n) is 4.16. The van der Waals surface area contributed by atoms with Crippen LogP contribution in [0.1, 0.15) is 24.3 Å². The molecule has 1 amide bonds. The topological polar surface area (TPSA) is 105 Å². The van der Waals surface area contributed by atoms with E-state index >= 15 is 0 Å². The maximum Gasteiger partial charge on any atom is 0.336 e. The van der Waals surface area contributed by atoms with Gasteiger partial charge in [-0.25, -0.2) is 9.18 Å². The molecule has 7 nitrogen and oxygen atoms in total. The van der Waals surface area contributed by atoms with Crippen LogP contribution in [0.5, 0.6) is 0 Å². The van der Waals surface area contributed by atoms with Crippen molar-refractivity contribution in [1.29, 1.82) is 0 Å². The quantitative estimate of drug-likeness (QED) is 0.344. The Balaban J connectivity index is 1.72. The van der Waals surface area contributed by atoms with Gasteiger partial charge in [0, 0.05) is 35.7 Å². The van der Waals surface area contributed by atoms with Crippen molar-refractivity contribution in [2.75, 3.05) is 13.1 Å². The predicted molar refractivity (Wildman–Crippen MR) is 119 cm³/mol. The molecule has 0 unspecified atom stereocenters. The van der Waals surface area contributed by atoms with Crippen molar-refractivity contribution in [2.45, 2.75) is 18.8 Å². The molecule has 2 heterocycles. The van der Waals surface area contributed by atoms with Gasteiger partial charge in [-0.2, -0.15) is 0 Å². The SMILES string of the molecule is O=C[C@H](C(=O)N1CCC[C@H](C(=O)O)C1)c1ccc2c(-c3ccc(F)cc3Cl)cc(=O)oc2c1. The highest BCUT2D eigenvalue weighted by Crippen LogP contribution is 2.34. The number of hydrogen-bond donors (Lipinski definition) is 1. The van der Waals surface area contributed by atoms with E-state index in [0.717, 1.165) is 6.07 Å². The second kappa shape index (κ2) is 9.15. The Hall–Kier alpha value is -3.52. The Morgan fingerprint density at radius 1 is 1.18 bits per heavy atom. The summed E-state index contributed by atoms with van der Waals surface area (Å²) in [6.45, 7) is 0.400. The van der Waals surface area contributed by atoms with Crippen LogP contribution in [0.2, 0.25) is 5.02 Å². The minimum Gasteiger partial charge on any atom is -0.481 e. The van der Waals surface area contributed by atoms with Crippen LogP contribution in [0, 0.1) is 11.7 Å². The third kappa shape index (κ3) is 4.52. The highest BCUT2D eigenvalue weighted by molar-refractivity contribution is 6.33. The summed E-state index contributed by atoms with van der Waals surface area (Å²) in [7, 11) is 0. The molecule has 1 fully saturated rings. The Morgan fingerprint density at radius 3 is 2.67 bits per heavy atom. The number of benzene rings is 2. The van der Waals surface area contributed by atoms with Crippen LogP contribution in [-0.2, 0) is 14.4 Å². The first-order valence-corrected chi connectivity index (χ1v) is 10.7. The zero-order valence-corrected chi connectivity index (χ0v) is 18.0. The van der Waals surface area contributed by atoms with E-state index in [1.165, 1.54) is 29.2 Å². The normalized spacial score (nSPS) is 17.0. The van der Waals surface area contributed by atoms with Gasteiger partial charge in [-0.1, -0.05) is 23.7 Å². The van der Waals surface area contributed by atoms with E-state index in [-0.39, 0.29) is 17.2 Å². The zero-order valence-electron chi connectivity index (χ0n) is 17.3. The smallest absolute Gasteiger partial charge is 0.336 e. The van der Waals surface area contributed by atoms with Crippen LogP contribution in [0.4, 0.5) is 4.39 Å². The lowest BCUT2D eigenvalue weighted by Crippen LogP contribution is -2.44. The van der Waals surface area contributed by atoms with Gasteiger partial charge >= 0.3 is 11.6 Å². The molecule has 3 aromatic rings. The van der Waals surface area contributed by atoms with Crippen molar-refractivity contribution in [2.24, 2.45) is 5.92 Å².